The molecule has 3 aromatic carbocycles. The van der Waals surface area contributed by atoms with E-state index in [0.29, 0.717) is 58.5 Å². The lowest BCUT2D eigenvalue weighted by Gasteiger charge is -2.14. The highest BCUT2D eigenvalue weighted by Crippen LogP contribution is 2.30. The van der Waals surface area contributed by atoms with Crippen molar-refractivity contribution in [1.29, 1.82) is 0 Å². The number of nitrogens with zero attached hydrogens (tertiary/aromatic N) is 4. The molecular formula is C24H22BFN6O3. The van der Waals surface area contributed by atoms with E-state index in [4.69, 9.17) is 20.4 Å². The Balaban J connectivity index is 1.65. The maximum Gasteiger partial charge on any atom is 0.489 e. The molecule has 0 radical (unpaired) electrons. The minimum Gasteiger partial charge on any atom is -0.490 e. The Labute approximate surface area is 200 Å². The molecule has 5 rings (SSSR count). The Bertz CT molecular complexity index is 1510. The first-order valence-electron chi connectivity index (χ1n) is 11.0. The Hall–Kier alpha value is -4.06. The number of hydrogen-bond acceptors (Lipinski definition) is 8. The van der Waals surface area contributed by atoms with Gasteiger partial charge in [-0.2, -0.15) is 14.8 Å². The van der Waals surface area contributed by atoms with Crippen molar-refractivity contribution in [3.05, 3.63) is 78.2 Å². The van der Waals surface area contributed by atoms with Gasteiger partial charge in [-0.1, -0.05) is 30.3 Å². The van der Waals surface area contributed by atoms with Crippen LogP contribution in [-0.4, -0.2) is 50.1 Å². The van der Waals surface area contributed by atoms with E-state index in [-0.39, 0.29) is 11.8 Å². The van der Waals surface area contributed by atoms with E-state index in [2.05, 4.69) is 10.4 Å². The lowest BCUT2D eigenvalue weighted by Crippen LogP contribution is -2.30. The van der Waals surface area contributed by atoms with Crippen molar-refractivity contribution in [2.75, 3.05) is 18.5 Å². The molecule has 35 heavy (non-hydrogen) atoms. The molecule has 0 spiro atoms. The van der Waals surface area contributed by atoms with Crippen LogP contribution in [0, 0.1) is 5.82 Å². The zero-order valence-corrected chi connectivity index (χ0v) is 18.6. The van der Waals surface area contributed by atoms with Crippen LogP contribution < -0.4 is 21.3 Å². The van der Waals surface area contributed by atoms with Gasteiger partial charge in [-0.05, 0) is 41.4 Å². The fourth-order valence-corrected chi connectivity index (χ4v) is 3.92. The SMILES string of the molecule is NCCOc1cccc2c(NCc3cccc(F)c3)nc(-n3ncc4c(B(O)O)cccc43)nc12. The number of benzene rings is 3. The van der Waals surface area contributed by atoms with Crippen molar-refractivity contribution < 1.29 is 19.2 Å². The number of para-hydroxylation sites is 1. The molecule has 0 aliphatic carbocycles. The third-order valence-electron chi connectivity index (χ3n) is 5.52. The summed E-state index contributed by atoms with van der Waals surface area (Å²) in [7, 11) is -1.64. The highest BCUT2D eigenvalue weighted by atomic mass is 19.1. The van der Waals surface area contributed by atoms with E-state index in [1.165, 1.54) is 23.0 Å². The molecule has 0 unspecified atom stereocenters. The number of nitrogens with one attached hydrogen (secondary N) is 1. The zero-order valence-electron chi connectivity index (χ0n) is 18.6. The highest BCUT2D eigenvalue weighted by molar-refractivity contribution is 6.61. The van der Waals surface area contributed by atoms with E-state index >= 15 is 0 Å². The number of nitrogens with two attached hydrogens (primary N) is 1. The summed E-state index contributed by atoms with van der Waals surface area (Å²) < 4.78 is 21.0. The molecular weight excluding hydrogens is 450 g/mol. The summed E-state index contributed by atoms with van der Waals surface area (Å²) in [6, 6.07) is 16.9. The molecule has 0 atom stereocenters. The Morgan fingerprint density at radius 1 is 1.03 bits per heavy atom. The van der Waals surface area contributed by atoms with E-state index in [0.717, 1.165) is 5.56 Å². The maximum absolute atomic E-state index is 13.7. The minimum absolute atomic E-state index is 0.252. The van der Waals surface area contributed by atoms with Crippen molar-refractivity contribution in [3.8, 4) is 11.7 Å². The van der Waals surface area contributed by atoms with Crippen LogP contribution in [0.1, 0.15) is 5.56 Å². The Kier molecular flexibility index (Phi) is 6.28. The Morgan fingerprint density at radius 2 is 1.86 bits per heavy atom. The van der Waals surface area contributed by atoms with Crippen LogP contribution >= 0.6 is 0 Å². The Morgan fingerprint density at radius 3 is 2.66 bits per heavy atom. The van der Waals surface area contributed by atoms with E-state index in [1.54, 1.807) is 30.3 Å². The van der Waals surface area contributed by atoms with Gasteiger partial charge in [-0.25, -0.2) is 9.37 Å². The predicted octanol–water partition coefficient (Wildman–Crippen LogP) is 1.74. The van der Waals surface area contributed by atoms with Crippen molar-refractivity contribution in [1.82, 2.24) is 19.7 Å². The molecule has 5 aromatic rings. The standard InChI is InChI=1S/C24H22BFN6O3/c26-16-5-1-4-15(12-16)13-28-23-17-6-2-9-21(35-11-10-27)22(17)30-24(31-23)32-20-8-3-7-19(25(33)34)18(20)14-29-32/h1-9,12,14,33-34H,10-11,13,27H2,(H,28,30,31). The predicted molar refractivity (Wildman–Crippen MR) is 132 cm³/mol. The van der Waals surface area contributed by atoms with E-state index in [9.17, 15) is 14.4 Å². The van der Waals surface area contributed by atoms with Gasteiger partial charge in [0.05, 0.1) is 11.7 Å². The van der Waals surface area contributed by atoms with Gasteiger partial charge in [0.1, 0.15) is 29.5 Å². The van der Waals surface area contributed by atoms with Gasteiger partial charge in [0.25, 0.3) is 5.95 Å². The molecule has 0 saturated heterocycles. The van der Waals surface area contributed by atoms with Crippen LogP contribution in [0.25, 0.3) is 27.8 Å². The molecule has 0 saturated carbocycles. The highest BCUT2D eigenvalue weighted by Gasteiger charge is 2.19. The zero-order chi connectivity index (χ0) is 24.4. The molecule has 5 N–H and O–H groups in total. The van der Waals surface area contributed by atoms with Crippen LogP contribution in [0.15, 0.2) is 66.9 Å². The fourth-order valence-electron chi connectivity index (χ4n) is 3.92. The van der Waals surface area contributed by atoms with Crippen LogP contribution in [0.5, 0.6) is 5.75 Å². The third-order valence-corrected chi connectivity index (χ3v) is 5.52. The summed E-state index contributed by atoms with van der Waals surface area (Å²) >= 11 is 0. The summed E-state index contributed by atoms with van der Waals surface area (Å²) in [5.41, 5.74) is 7.86. The summed E-state index contributed by atoms with van der Waals surface area (Å²) in [6.45, 7) is 0.986. The van der Waals surface area contributed by atoms with Gasteiger partial charge >= 0.3 is 7.12 Å². The van der Waals surface area contributed by atoms with E-state index in [1.807, 2.05) is 18.2 Å². The number of ether oxygens (including phenoxy) is 1. The minimum atomic E-state index is -1.64. The second kappa shape index (κ2) is 9.67. The number of anilines is 1. The van der Waals surface area contributed by atoms with Crippen LogP contribution in [-0.2, 0) is 6.54 Å². The summed E-state index contributed by atoms with van der Waals surface area (Å²) in [5, 5.41) is 28.4. The second-order valence-electron chi connectivity index (χ2n) is 7.86. The lowest BCUT2D eigenvalue weighted by molar-refractivity contribution is 0.331. The summed E-state index contributed by atoms with van der Waals surface area (Å²) in [4.78, 5) is 9.43. The number of rotatable bonds is 8. The monoisotopic (exact) mass is 472 g/mol. The first-order chi connectivity index (χ1) is 17.0. The van der Waals surface area contributed by atoms with Crippen LogP contribution in [0.4, 0.5) is 10.2 Å². The quantitative estimate of drug-likeness (QED) is 0.251. The smallest absolute Gasteiger partial charge is 0.489 e. The first kappa shape index (κ1) is 22.7. The third kappa shape index (κ3) is 4.52. The number of aromatic nitrogens is 4. The molecule has 0 bridgehead atoms. The number of halogens is 1. The van der Waals surface area contributed by atoms with E-state index < -0.39 is 7.12 Å². The van der Waals surface area contributed by atoms with Crippen molar-refractivity contribution in [2.24, 2.45) is 5.73 Å². The molecule has 2 aromatic heterocycles. The molecule has 0 amide bonds. The van der Waals surface area contributed by atoms with Gasteiger partial charge in [0, 0.05) is 23.9 Å². The van der Waals surface area contributed by atoms with Gasteiger partial charge in [-0.15, -0.1) is 0 Å². The number of fused-ring (bicyclic) bond motifs is 2. The lowest BCUT2D eigenvalue weighted by atomic mass is 9.78. The van der Waals surface area contributed by atoms with Gasteiger partial charge in [0.2, 0.25) is 0 Å². The molecule has 0 aliphatic heterocycles. The van der Waals surface area contributed by atoms with Crippen LogP contribution in [0.3, 0.4) is 0 Å². The summed E-state index contributed by atoms with van der Waals surface area (Å²) in [6.07, 6.45) is 1.54. The maximum atomic E-state index is 13.7. The van der Waals surface area contributed by atoms with Gasteiger partial charge < -0.3 is 25.8 Å². The van der Waals surface area contributed by atoms with Crippen LogP contribution in [0.2, 0.25) is 0 Å². The summed E-state index contributed by atoms with van der Waals surface area (Å²) in [5.74, 6) is 0.977. The van der Waals surface area contributed by atoms with Gasteiger partial charge in [-0.3, -0.25) is 0 Å². The molecule has 0 aliphatic rings. The molecule has 2 heterocycles. The molecule has 9 nitrogen and oxygen atoms in total. The normalized spacial score (nSPS) is 11.2. The molecule has 0 fully saturated rings. The molecule has 176 valence electrons. The van der Waals surface area contributed by atoms with Crippen molar-refractivity contribution in [3.63, 3.8) is 0 Å². The largest absolute Gasteiger partial charge is 0.490 e. The fraction of sp³-hybridized carbons (Fsp3) is 0.125. The second-order valence-corrected chi connectivity index (χ2v) is 7.86. The van der Waals surface area contributed by atoms with Gasteiger partial charge in [0.15, 0.2) is 0 Å². The topological polar surface area (TPSA) is 131 Å². The molecule has 11 heteroatoms. The number of hydrogen-bond donors (Lipinski definition) is 4. The van der Waals surface area contributed by atoms with Crippen molar-refractivity contribution in [2.45, 2.75) is 6.54 Å². The average molecular weight is 472 g/mol. The van der Waals surface area contributed by atoms with Crippen molar-refractivity contribution >= 4 is 40.2 Å². The first-order valence-corrected chi connectivity index (χ1v) is 11.0. The average Bonchev–Trinajstić information content (AvgIpc) is 3.30.